The molecule has 2 aromatic carbocycles. The van der Waals surface area contributed by atoms with Crippen LogP contribution in [0.25, 0.3) is 0 Å². The van der Waals surface area contributed by atoms with Gasteiger partial charge in [0.25, 0.3) is 0 Å². The summed E-state index contributed by atoms with van der Waals surface area (Å²) in [6.45, 7) is 2.18. The van der Waals surface area contributed by atoms with E-state index in [0.29, 0.717) is 44.0 Å². The van der Waals surface area contributed by atoms with Crippen molar-refractivity contribution < 1.29 is 13.2 Å². The molecule has 1 atom stereocenters. The summed E-state index contributed by atoms with van der Waals surface area (Å²) in [4.78, 5) is 29.5. The number of hydrogen-bond acceptors (Lipinski definition) is 9. The van der Waals surface area contributed by atoms with Crippen LogP contribution in [0, 0.1) is 0 Å². The Morgan fingerprint density at radius 2 is 1.64 bits per heavy atom. The highest BCUT2D eigenvalue weighted by molar-refractivity contribution is 7.90. The topological polar surface area (TPSA) is 120 Å². The van der Waals surface area contributed by atoms with E-state index in [-0.39, 0.29) is 16.7 Å². The lowest BCUT2D eigenvalue weighted by molar-refractivity contribution is -0.128. The summed E-state index contributed by atoms with van der Waals surface area (Å²) in [5, 5.41) is 6.35. The van der Waals surface area contributed by atoms with Crippen molar-refractivity contribution in [2.24, 2.45) is 0 Å². The zero-order chi connectivity index (χ0) is 25.7. The summed E-state index contributed by atoms with van der Waals surface area (Å²) in [7, 11) is -1.65. The predicted octanol–water partition coefficient (Wildman–Crippen LogP) is 2.41. The first-order valence-electron chi connectivity index (χ1n) is 11.4. The highest BCUT2D eigenvalue weighted by Gasteiger charge is 2.24. The van der Waals surface area contributed by atoms with E-state index >= 15 is 0 Å². The Hall–Kier alpha value is -3.44. The molecule has 1 aliphatic rings. The minimum absolute atomic E-state index is 0.0366. The second-order valence-corrected chi connectivity index (χ2v) is 10.6. The highest BCUT2D eigenvalue weighted by Crippen LogP contribution is 2.28. The number of piperazine rings is 1. The van der Waals surface area contributed by atoms with Crippen LogP contribution < -0.4 is 15.5 Å². The summed E-state index contributed by atoms with van der Waals surface area (Å²) < 4.78 is 24.4. The van der Waals surface area contributed by atoms with E-state index in [1.54, 1.807) is 30.1 Å². The summed E-state index contributed by atoms with van der Waals surface area (Å²) in [6, 6.07) is 16.1. The predicted molar refractivity (Wildman–Crippen MR) is 140 cm³/mol. The van der Waals surface area contributed by atoms with Gasteiger partial charge in [-0.25, -0.2) is 8.42 Å². The van der Waals surface area contributed by atoms with Crippen molar-refractivity contribution >= 4 is 45.2 Å². The van der Waals surface area contributed by atoms with Gasteiger partial charge in [-0.15, -0.1) is 11.6 Å². The molecule has 36 heavy (non-hydrogen) atoms. The molecule has 1 saturated heterocycles. The molecule has 0 saturated carbocycles. The van der Waals surface area contributed by atoms with Gasteiger partial charge in [-0.3, -0.25) is 4.79 Å². The van der Waals surface area contributed by atoms with Gasteiger partial charge in [0.2, 0.25) is 23.8 Å². The van der Waals surface area contributed by atoms with Gasteiger partial charge in [0, 0.05) is 39.5 Å². The number of sulfone groups is 1. The summed E-state index contributed by atoms with van der Waals surface area (Å²) in [5.41, 5.74) is 1.68. The van der Waals surface area contributed by atoms with Crippen LogP contribution in [0.4, 0.5) is 17.8 Å². The summed E-state index contributed by atoms with van der Waals surface area (Å²) in [6.07, 6.45) is 1.19. The van der Waals surface area contributed by atoms with E-state index in [4.69, 9.17) is 11.6 Å². The van der Waals surface area contributed by atoms with Crippen LogP contribution in [0.2, 0.25) is 0 Å². The Labute approximate surface area is 215 Å². The summed E-state index contributed by atoms with van der Waals surface area (Å²) in [5.74, 6) is 1.07. The average molecular weight is 530 g/mol. The van der Waals surface area contributed by atoms with Crippen LogP contribution in [0.5, 0.6) is 0 Å². The molecule has 2 heterocycles. The number of anilines is 3. The Kier molecular flexibility index (Phi) is 7.90. The van der Waals surface area contributed by atoms with Crippen LogP contribution in [0.1, 0.15) is 17.2 Å². The maximum atomic E-state index is 12.2. The Balaban J connectivity index is 1.66. The van der Waals surface area contributed by atoms with Crippen molar-refractivity contribution in [1.82, 2.24) is 19.9 Å². The molecule has 1 amide bonds. The molecule has 1 fully saturated rings. The molecule has 0 bridgehead atoms. The van der Waals surface area contributed by atoms with E-state index in [9.17, 15) is 13.2 Å². The number of halogens is 1. The van der Waals surface area contributed by atoms with Gasteiger partial charge in [0.1, 0.15) is 5.88 Å². The number of carbonyl (C=O) groups excluding carboxylic acids is 1. The van der Waals surface area contributed by atoms with Gasteiger partial charge in [-0.05, 0) is 23.3 Å². The number of carbonyl (C=O) groups is 1. The molecule has 4 rings (SSSR count). The molecule has 0 spiro atoms. The molecule has 0 radical (unpaired) electrons. The van der Waals surface area contributed by atoms with Crippen LogP contribution in [-0.4, -0.2) is 79.5 Å². The Morgan fingerprint density at radius 3 is 2.28 bits per heavy atom. The molecule has 1 aromatic heterocycles. The SMILES string of the molecule is CNc1nc(NC(c2ccccc2)c2cccc(S(C)(=O)=O)c2)nc(N2CCN(C(=O)CCl)CC2)n1. The molecule has 190 valence electrons. The number of aromatic nitrogens is 3. The van der Waals surface area contributed by atoms with E-state index in [0.717, 1.165) is 11.1 Å². The zero-order valence-electron chi connectivity index (χ0n) is 20.1. The quantitative estimate of drug-likeness (QED) is 0.424. The van der Waals surface area contributed by atoms with Crippen molar-refractivity contribution in [3.05, 3.63) is 65.7 Å². The van der Waals surface area contributed by atoms with Crippen LogP contribution in [0.15, 0.2) is 59.5 Å². The Bertz CT molecular complexity index is 1320. The lowest BCUT2D eigenvalue weighted by Crippen LogP contribution is -2.49. The van der Waals surface area contributed by atoms with Crippen molar-refractivity contribution in [2.75, 3.05) is 60.9 Å². The fourth-order valence-electron chi connectivity index (χ4n) is 3.98. The minimum Gasteiger partial charge on any atom is -0.357 e. The molecule has 12 heteroatoms. The largest absolute Gasteiger partial charge is 0.357 e. The molecular formula is C24H28ClN7O3S. The number of nitrogens with one attached hydrogen (secondary N) is 2. The van der Waals surface area contributed by atoms with Crippen LogP contribution in [0.3, 0.4) is 0 Å². The smallest absolute Gasteiger partial charge is 0.237 e. The molecule has 3 aromatic rings. The molecule has 0 aliphatic carbocycles. The lowest BCUT2D eigenvalue weighted by Gasteiger charge is -2.34. The fourth-order valence-corrected chi connectivity index (χ4v) is 4.83. The number of amides is 1. The van der Waals surface area contributed by atoms with E-state index in [1.165, 1.54) is 6.26 Å². The zero-order valence-corrected chi connectivity index (χ0v) is 21.6. The molecule has 10 nitrogen and oxygen atoms in total. The van der Waals surface area contributed by atoms with Gasteiger partial charge in [0.05, 0.1) is 10.9 Å². The normalized spacial score (nSPS) is 14.9. The number of rotatable bonds is 8. The maximum absolute atomic E-state index is 12.2. The molecular weight excluding hydrogens is 502 g/mol. The molecule has 2 N–H and O–H groups in total. The first-order chi connectivity index (χ1) is 17.3. The minimum atomic E-state index is -3.38. The van der Waals surface area contributed by atoms with Crippen LogP contribution >= 0.6 is 11.6 Å². The summed E-state index contributed by atoms with van der Waals surface area (Å²) >= 11 is 5.70. The maximum Gasteiger partial charge on any atom is 0.237 e. The van der Waals surface area contributed by atoms with Gasteiger partial charge in [-0.2, -0.15) is 15.0 Å². The van der Waals surface area contributed by atoms with Gasteiger partial charge in [0.15, 0.2) is 9.84 Å². The lowest BCUT2D eigenvalue weighted by atomic mass is 9.99. The Morgan fingerprint density at radius 1 is 0.972 bits per heavy atom. The van der Waals surface area contributed by atoms with Crippen molar-refractivity contribution in [3.8, 4) is 0 Å². The molecule has 1 aliphatic heterocycles. The van der Waals surface area contributed by atoms with Gasteiger partial charge in [-0.1, -0.05) is 42.5 Å². The third kappa shape index (κ3) is 6.03. The van der Waals surface area contributed by atoms with E-state index in [2.05, 4.69) is 25.6 Å². The van der Waals surface area contributed by atoms with Gasteiger partial charge < -0.3 is 20.4 Å². The van der Waals surface area contributed by atoms with Crippen molar-refractivity contribution in [2.45, 2.75) is 10.9 Å². The molecule has 1 unspecified atom stereocenters. The monoisotopic (exact) mass is 529 g/mol. The first-order valence-corrected chi connectivity index (χ1v) is 13.8. The third-order valence-electron chi connectivity index (χ3n) is 5.90. The van der Waals surface area contributed by atoms with Crippen LogP contribution in [-0.2, 0) is 14.6 Å². The second kappa shape index (κ2) is 11.1. The van der Waals surface area contributed by atoms with Crippen molar-refractivity contribution in [3.63, 3.8) is 0 Å². The number of benzene rings is 2. The number of hydrogen-bond donors (Lipinski definition) is 2. The van der Waals surface area contributed by atoms with Crippen molar-refractivity contribution in [1.29, 1.82) is 0 Å². The second-order valence-electron chi connectivity index (χ2n) is 8.37. The standard InChI is InChI=1S/C24H28ClN7O3S/c1-26-22-28-23(30-24(29-22)32-13-11-31(12-14-32)20(33)16-25)27-21(17-7-4-3-5-8-17)18-9-6-10-19(15-18)36(2,34)35/h3-10,15,21H,11-14,16H2,1-2H3,(H2,26,27,28,29,30). The number of alkyl halides is 1. The first kappa shape index (κ1) is 25.6. The van der Waals surface area contributed by atoms with E-state index in [1.807, 2.05) is 41.3 Å². The third-order valence-corrected chi connectivity index (χ3v) is 7.24. The van der Waals surface area contributed by atoms with Gasteiger partial charge >= 0.3 is 0 Å². The highest BCUT2D eigenvalue weighted by atomic mass is 35.5. The van der Waals surface area contributed by atoms with E-state index < -0.39 is 15.9 Å². The fraction of sp³-hybridized carbons (Fsp3) is 0.333. The number of nitrogens with zero attached hydrogens (tertiary/aromatic N) is 5. The average Bonchev–Trinajstić information content (AvgIpc) is 2.91.